The topological polar surface area (TPSA) is 64.7 Å². The molecule has 0 fully saturated rings. The molecule has 0 saturated heterocycles. The second kappa shape index (κ2) is 3.98. The average molecular weight is 271 g/mol. The van der Waals surface area contributed by atoms with Crippen LogP contribution in [0.25, 0.3) is 0 Å². The summed E-state index contributed by atoms with van der Waals surface area (Å²) in [5.74, 6) is 0. The van der Waals surface area contributed by atoms with Crippen LogP contribution >= 0.6 is 15.9 Å². The molecule has 0 N–H and O–H groups in total. The maximum atomic E-state index is 10.4. The Morgan fingerprint density at radius 1 is 1.47 bits per heavy atom. The van der Waals surface area contributed by atoms with Crippen molar-refractivity contribution >= 4 is 21.6 Å². The molecule has 1 aromatic rings. The maximum Gasteiger partial charge on any atom is 0.380 e. The van der Waals surface area contributed by atoms with Gasteiger partial charge in [-0.15, -0.1) is 0 Å². The average Bonchev–Trinajstić information content (AvgIpc) is 2.68. The van der Waals surface area contributed by atoms with E-state index in [-0.39, 0.29) is 6.42 Å². The third-order valence-electron chi connectivity index (χ3n) is 2.07. The Morgan fingerprint density at radius 3 is 2.67 bits per heavy atom. The third-order valence-corrected chi connectivity index (χ3v) is 2.59. The monoisotopic (exact) mass is 270 g/mol. The van der Waals surface area contributed by atoms with Gasteiger partial charge in [0.1, 0.15) is 6.42 Å². The molecule has 0 spiro atoms. The van der Waals surface area contributed by atoms with Gasteiger partial charge in [0, 0.05) is 4.47 Å². The van der Waals surface area contributed by atoms with Crippen LogP contribution in [0.5, 0.6) is 0 Å². The molecule has 1 aliphatic heterocycles. The molecular weight excluding hydrogens is 264 g/mol. The van der Waals surface area contributed by atoms with E-state index in [0.29, 0.717) is 5.71 Å². The van der Waals surface area contributed by atoms with E-state index in [1.807, 2.05) is 24.3 Å². The summed E-state index contributed by atoms with van der Waals surface area (Å²) < 4.78 is 0.955. The van der Waals surface area contributed by atoms with E-state index < -0.39 is 11.2 Å². The molecule has 1 atom stereocenters. The van der Waals surface area contributed by atoms with Crippen LogP contribution in [0, 0.1) is 10.1 Å². The van der Waals surface area contributed by atoms with Crippen molar-refractivity contribution in [2.45, 2.75) is 12.6 Å². The predicted molar refractivity (Wildman–Crippen MR) is 57.2 cm³/mol. The maximum absolute atomic E-state index is 10.4. The molecule has 0 radical (unpaired) electrons. The molecule has 2 rings (SSSR count). The minimum absolute atomic E-state index is 0.217. The molecule has 15 heavy (non-hydrogen) atoms. The molecule has 78 valence electrons. The normalized spacial score (nSPS) is 19.5. The first-order valence-corrected chi connectivity index (χ1v) is 5.08. The van der Waals surface area contributed by atoms with Crippen LogP contribution in [0.15, 0.2) is 33.9 Å². The fourth-order valence-corrected chi connectivity index (χ4v) is 1.55. The van der Waals surface area contributed by atoms with E-state index in [0.717, 1.165) is 10.0 Å². The van der Waals surface area contributed by atoms with Crippen molar-refractivity contribution in [2.75, 3.05) is 0 Å². The highest BCUT2D eigenvalue weighted by Crippen LogP contribution is 2.18. The molecule has 1 heterocycles. The van der Waals surface area contributed by atoms with Crippen molar-refractivity contribution in [1.82, 2.24) is 0 Å². The number of hydrogen-bond donors (Lipinski definition) is 0. The van der Waals surface area contributed by atoms with Gasteiger partial charge in [0.2, 0.25) is 0 Å². The lowest BCUT2D eigenvalue weighted by Crippen LogP contribution is -2.18. The fourth-order valence-electron chi connectivity index (χ4n) is 1.29. The minimum atomic E-state index is -1.04. The van der Waals surface area contributed by atoms with Crippen LogP contribution in [-0.4, -0.2) is 16.9 Å². The minimum Gasteiger partial charge on any atom is -0.321 e. The Bertz CT molecular complexity index is 416. The Labute approximate surface area is 94.0 Å². The summed E-state index contributed by atoms with van der Waals surface area (Å²) in [6.45, 7) is 0. The van der Waals surface area contributed by atoms with Gasteiger partial charge in [-0.05, 0) is 17.7 Å². The molecule has 1 aliphatic rings. The van der Waals surface area contributed by atoms with Gasteiger partial charge in [-0.3, -0.25) is 10.1 Å². The molecule has 5 nitrogen and oxygen atoms in total. The fraction of sp³-hybridized carbons (Fsp3) is 0.222. The van der Waals surface area contributed by atoms with Gasteiger partial charge in [-0.25, -0.2) is 0 Å². The SMILES string of the molecule is O=[N+]([O-])C1CC(c2ccc(Br)cc2)=NO1. The lowest BCUT2D eigenvalue weighted by atomic mass is 10.1. The van der Waals surface area contributed by atoms with Crippen LogP contribution in [0.4, 0.5) is 0 Å². The third kappa shape index (κ3) is 2.15. The quantitative estimate of drug-likeness (QED) is 0.611. The zero-order valence-electron chi connectivity index (χ0n) is 7.59. The number of benzene rings is 1. The second-order valence-electron chi connectivity index (χ2n) is 3.09. The van der Waals surface area contributed by atoms with E-state index in [4.69, 9.17) is 0 Å². The van der Waals surface area contributed by atoms with Crippen molar-refractivity contribution in [1.29, 1.82) is 0 Å². The standard InChI is InChI=1S/C9H7BrN2O3/c10-7-3-1-6(2-4-7)8-5-9(12(13)14)15-11-8/h1-4,9H,5H2. The zero-order chi connectivity index (χ0) is 10.8. The van der Waals surface area contributed by atoms with Crippen molar-refractivity contribution in [3.63, 3.8) is 0 Å². The molecule has 0 bridgehead atoms. The Morgan fingerprint density at radius 2 is 2.13 bits per heavy atom. The van der Waals surface area contributed by atoms with E-state index >= 15 is 0 Å². The first-order chi connectivity index (χ1) is 7.16. The molecule has 0 saturated carbocycles. The van der Waals surface area contributed by atoms with E-state index in [2.05, 4.69) is 25.9 Å². The largest absolute Gasteiger partial charge is 0.380 e. The molecular formula is C9H7BrN2O3. The first kappa shape index (κ1) is 10.1. The summed E-state index contributed by atoms with van der Waals surface area (Å²) in [4.78, 5) is 14.6. The van der Waals surface area contributed by atoms with Crippen molar-refractivity contribution in [3.05, 3.63) is 44.4 Å². The molecule has 1 unspecified atom stereocenters. The van der Waals surface area contributed by atoms with Gasteiger partial charge in [-0.2, -0.15) is 0 Å². The number of nitrogens with zero attached hydrogens (tertiary/aromatic N) is 2. The van der Waals surface area contributed by atoms with Crippen molar-refractivity contribution in [3.8, 4) is 0 Å². The van der Waals surface area contributed by atoms with Gasteiger partial charge >= 0.3 is 6.23 Å². The zero-order valence-corrected chi connectivity index (χ0v) is 9.18. The molecule has 0 aromatic heterocycles. The summed E-state index contributed by atoms with van der Waals surface area (Å²) in [5.41, 5.74) is 1.46. The molecule has 0 amide bonds. The highest BCUT2D eigenvalue weighted by Gasteiger charge is 2.30. The summed E-state index contributed by atoms with van der Waals surface area (Å²) in [7, 11) is 0. The first-order valence-electron chi connectivity index (χ1n) is 4.29. The van der Waals surface area contributed by atoms with Crippen LogP contribution < -0.4 is 0 Å². The number of nitro groups is 1. The molecule has 1 aromatic carbocycles. The van der Waals surface area contributed by atoms with Crippen LogP contribution in [0.1, 0.15) is 12.0 Å². The Balaban J connectivity index is 2.14. The Hall–Kier alpha value is -1.43. The predicted octanol–water partition coefficient (Wildman–Crippen LogP) is 2.18. The number of hydrogen-bond acceptors (Lipinski definition) is 4. The van der Waals surface area contributed by atoms with Crippen LogP contribution in [0.3, 0.4) is 0 Å². The number of halogens is 1. The summed E-state index contributed by atoms with van der Waals surface area (Å²) in [6, 6.07) is 7.40. The molecule has 6 heteroatoms. The number of oxime groups is 1. The lowest BCUT2D eigenvalue weighted by molar-refractivity contribution is -0.571. The van der Waals surface area contributed by atoms with Gasteiger partial charge in [0.25, 0.3) is 0 Å². The van der Waals surface area contributed by atoms with Gasteiger partial charge in [0.15, 0.2) is 0 Å². The summed E-state index contributed by atoms with van der Waals surface area (Å²) in [5, 5.41) is 14.1. The molecule has 0 aliphatic carbocycles. The van der Waals surface area contributed by atoms with Crippen LogP contribution in [-0.2, 0) is 4.84 Å². The Kier molecular flexibility index (Phi) is 2.68. The van der Waals surface area contributed by atoms with Gasteiger partial charge in [-0.1, -0.05) is 33.2 Å². The highest BCUT2D eigenvalue weighted by molar-refractivity contribution is 9.10. The summed E-state index contributed by atoms with van der Waals surface area (Å²) in [6.07, 6.45) is -0.821. The van der Waals surface area contributed by atoms with Gasteiger partial charge in [0.05, 0.1) is 10.6 Å². The summed E-state index contributed by atoms with van der Waals surface area (Å²) >= 11 is 3.31. The lowest BCUT2D eigenvalue weighted by Gasteiger charge is -1.98. The smallest absolute Gasteiger partial charge is 0.321 e. The van der Waals surface area contributed by atoms with E-state index in [1.165, 1.54) is 0 Å². The van der Waals surface area contributed by atoms with Crippen molar-refractivity contribution < 1.29 is 9.76 Å². The van der Waals surface area contributed by atoms with Crippen LogP contribution in [0.2, 0.25) is 0 Å². The van der Waals surface area contributed by atoms with Gasteiger partial charge < -0.3 is 4.84 Å². The van der Waals surface area contributed by atoms with E-state index in [1.54, 1.807) is 0 Å². The second-order valence-corrected chi connectivity index (χ2v) is 4.01. The number of rotatable bonds is 2. The van der Waals surface area contributed by atoms with E-state index in [9.17, 15) is 10.1 Å². The highest BCUT2D eigenvalue weighted by atomic mass is 79.9. The van der Waals surface area contributed by atoms with Crippen molar-refractivity contribution in [2.24, 2.45) is 5.16 Å².